The molecule has 3 rings (SSSR count). The first kappa shape index (κ1) is 19.3. The summed E-state index contributed by atoms with van der Waals surface area (Å²) in [5.41, 5.74) is 1.34. The molecule has 1 fully saturated rings. The molecule has 144 valence electrons. The monoisotopic (exact) mass is 370 g/mol. The Hall–Kier alpha value is -2.44. The van der Waals surface area contributed by atoms with Gasteiger partial charge in [0.2, 0.25) is 5.91 Å². The molecular formula is C21H26N2O4. The Balaban J connectivity index is 1.65. The molecule has 2 heterocycles. The first-order valence-corrected chi connectivity index (χ1v) is 9.14. The Morgan fingerprint density at radius 1 is 1.26 bits per heavy atom. The molecule has 27 heavy (non-hydrogen) atoms. The molecule has 0 unspecified atom stereocenters. The van der Waals surface area contributed by atoms with Crippen molar-refractivity contribution in [2.45, 2.75) is 25.9 Å². The summed E-state index contributed by atoms with van der Waals surface area (Å²) in [6, 6.07) is 13.3. The van der Waals surface area contributed by atoms with Crippen molar-refractivity contribution >= 4 is 5.91 Å². The zero-order valence-corrected chi connectivity index (χ0v) is 15.9. The second-order valence-corrected chi connectivity index (χ2v) is 7.09. The van der Waals surface area contributed by atoms with Crippen LogP contribution in [0.3, 0.4) is 0 Å². The average molecular weight is 370 g/mol. The largest absolute Gasteiger partial charge is 0.490 e. The number of pyridine rings is 1. The van der Waals surface area contributed by atoms with Crippen molar-refractivity contribution < 1.29 is 19.4 Å². The number of rotatable bonds is 5. The summed E-state index contributed by atoms with van der Waals surface area (Å²) >= 11 is 0. The number of hydrogen-bond acceptors (Lipinski definition) is 5. The van der Waals surface area contributed by atoms with Crippen molar-refractivity contribution in [2.24, 2.45) is 0 Å². The van der Waals surface area contributed by atoms with E-state index in [1.165, 1.54) is 0 Å². The van der Waals surface area contributed by atoms with Gasteiger partial charge in [0, 0.05) is 17.9 Å². The van der Waals surface area contributed by atoms with Crippen LogP contribution >= 0.6 is 0 Å². The van der Waals surface area contributed by atoms with E-state index >= 15 is 0 Å². The molecule has 1 amide bonds. The van der Waals surface area contributed by atoms with Crippen LogP contribution in [-0.2, 0) is 16.0 Å². The van der Waals surface area contributed by atoms with Gasteiger partial charge in [-0.3, -0.25) is 9.78 Å². The topological polar surface area (TPSA) is 71.9 Å². The fourth-order valence-electron chi connectivity index (χ4n) is 3.11. The third-order valence-electron chi connectivity index (χ3n) is 4.58. The number of nitrogens with zero attached hydrogens (tertiary/aromatic N) is 2. The summed E-state index contributed by atoms with van der Waals surface area (Å²) in [5.74, 6) is 0.643. The normalized spacial score (nSPS) is 20.2. The Labute approximate surface area is 159 Å². The fraction of sp³-hybridized carbons (Fsp3) is 0.429. The van der Waals surface area contributed by atoms with E-state index in [0.29, 0.717) is 13.2 Å². The number of aliphatic hydroxyl groups is 1. The van der Waals surface area contributed by atoms with Gasteiger partial charge in [-0.25, -0.2) is 0 Å². The molecule has 0 radical (unpaired) electrons. The van der Waals surface area contributed by atoms with Gasteiger partial charge >= 0.3 is 0 Å². The highest BCUT2D eigenvalue weighted by Crippen LogP contribution is 2.20. The maximum absolute atomic E-state index is 12.7. The van der Waals surface area contributed by atoms with Crippen LogP contribution in [0.4, 0.5) is 0 Å². The highest BCUT2D eigenvalue weighted by molar-refractivity contribution is 5.78. The van der Waals surface area contributed by atoms with Crippen LogP contribution in [0.5, 0.6) is 5.75 Å². The lowest BCUT2D eigenvalue weighted by atomic mass is 10.1. The third kappa shape index (κ3) is 5.28. The number of para-hydroxylation sites is 1. The van der Waals surface area contributed by atoms with Crippen LogP contribution in [0.2, 0.25) is 0 Å². The molecule has 1 atom stereocenters. The van der Waals surface area contributed by atoms with Gasteiger partial charge in [0.05, 0.1) is 26.2 Å². The van der Waals surface area contributed by atoms with Crippen molar-refractivity contribution in [3.05, 3.63) is 59.4 Å². The predicted molar refractivity (Wildman–Crippen MR) is 102 cm³/mol. The fourth-order valence-corrected chi connectivity index (χ4v) is 3.11. The van der Waals surface area contributed by atoms with Crippen molar-refractivity contribution in [3.8, 4) is 5.75 Å². The van der Waals surface area contributed by atoms with Crippen LogP contribution < -0.4 is 4.74 Å². The third-order valence-corrected chi connectivity index (χ3v) is 4.58. The molecule has 0 saturated carbocycles. The van der Waals surface area contributed by atoms with Gasteiger partial charge in [0.15, 0.2) is 0 Å². The molecule has 1 aliphatic rings. The van der Waals surface area contributed by atoms with Crippen LogP contribution in [0, 0.1) is 13.8 Å². The summed E-state index contributed by atoms with van der Waals surface area (Å²) < 4.78 is 11.4. The molecule has 0 spiro atoms. The summed E-state index contributed by atoms with van der Waals surface area (Å²) in [4.78, 5) is 18.8. The molecule has 1 aliphatic heterocycles. The highest BCUT2D eigenvalue weighted by atomic mass is 16.5. The minimum Gasteiger partial charge on any atom is -0.490 e. The van der Waals surface area contributed by atoms with Crippen LogP contribution in [0.25, 0.3) is 0 Å². The summed E-state index contributed by atoms with van der Waals surface area (Å²) in [6.45, 7) is 5.04. The van der Waals surface area contributed by atoms with Crippen molar-refractivity contribution in [1.82, 2.24) is 9.88 Å². The van der Waals surface area contributed by atoms with Crippen LogP contribution in [0.15, 0.2) is 42.5 Å². The molecule has 1 aromatic carbocycles. The first-order chi connectivity index (χ1) is 13.0. The number of amides is 1. The number of β-amino-alcohol motifs (C(OH)–C–C–N with tert-alkyl or cyclic N) is 1. The minimum absolute atomic E-state index is 0.0598. The van der Waals surface area contributed by atoms with E-state index in [9.17, 15) is 9.90 Å². The minimum atomic E-state index is -1.26. The number of carbonyl (C=O) groups is 1. The van der Waals surface area contributed by atoms with E-state index in [1.54, 1.807) is 4.90 Å². The quantitative estimate of drug-likeness (QED) is 0.871. The number of carbonyl (C=O) groups excluding carboxylic acids is 1. The Kier molecular flexibility index (Phi) is 6.08. The summed E-state index contributed by atoms with van der Waals surface area (Å²) in [5, 5.41) is 11.0. The van der Waals surface area contributed by atoms with Crippen LogP contribution in [0.1, 0.15) is 17.0 Å². The molecule has 1 saturated heterocycles. The average Bonchev–Trinajstić information content (AvgIpc) is 2.83. The number of aromatic nitrogens is 1. The molecule has 0 aliphatic carbocycles. The van der Waals surface area contributed by atoms with Crippen molar-refractivity contribution in [3.63, 3.8) is 0 Å². The number of benzene rings is 1. The maximum atomic E-state index is 12.7. The van der Waals surface area contributed by atoms with E-state index < -0.39 is 5.60 Å². The van der Waals surface area contributed by atoms with Crippen molar-refractivity contribution in [1.29, 1.82) is 0 Å². The highest BCUT2D eigenvalue weighted by Gasteiger charge is 2.35. The lowest BCUT2D eigenvalue weighted by molar-refractivity contribution is -0.134. The van der Waals surface area contributed by atoms with Gasteiger partial charge in [-0.2, -0.15) is 0 Å². The SMILES string of the molecule is Cc1cccc(CC(=O)N2CCOC[C@](O)(COc3ccccc3C)C2)n1. The molecule has 2 aromatic rings. The van der Waals surface area contributed by atoms with E-state index in [1.807, 2.05) is 56.3 Å². The lowest BCUT2D eigenvalue weighted by Gasteiger charge is -2.30. The second kappa shape index (κ2) is 8.50. The summed E-state index contributed by atoms with van der Waals surface area (Å²) in [6.07, 6.45) is 0.205. The van der Waals surface area contributed by atoms with Crippen molar-refractivity contribution in [2.75, 3.05) is 32.9 Å². The first-order valence-electron chi connectivity index (χ1n) is 9.14. The molecule has 1 N–H and O–H groups in total. The lowest BCUT2D eigenvalue weighted by Crippen LogP contribution is -2.50. The Morgan fingerprint density at radius 2 is 2.07 bits per heavy atom. The Morgan fingerprint density at radius 3 is 2.85 bits per heavy atom. The number of hydrogen-bond donors (Lipinski definition) is 1. The van der Waals surface area contributed by atoms with Gasteiger partial charge in [-0.05, 0) is 37.6 Å². The number of aryl methyl sites for hydroxylation is 2. The zero-order chi connectivity index (χ0) is 19.3. The van der Waals surface area contributed by atoms with Gasteiger partial charge < -0.3 is 19.5 Å². The van der Waals surface area contributed by atoms with Gasteiger partial charge in [-0.15, -0.1) is 0 Å². The van der Waals surface area contributed by atoms with E-state index in [2.05, 4.69) is 4.98 Å². The van der Waals surface area contributed by atoms with E-state index in [0.717, 1.165) is 22.7 Å². The maximum Gasteiger partial charge on any atom is 0.228 e. The predicted octanol–water partition coefficient (Wildman–Crippen LogP) is 1.91. The molecule has 1 aromatic heterocycles. The molecular weight excluding hydrogens is 344 g/mol. The van der Waals surface area contributed by atoms with E-state index in [-0.39, 0.29) is 32.1 Å². The van der Waals surface area contributed by atoms with E-state index in [4.69, 9.17) is 9.47 Å². The summed E-state index contributed by atoms with van der Waals surface area (Å²) in [7, 11) is 0. The number of ether oxygens (including phenoxy) is 2. The van der Waals surface area contributed by atoms with Gasteiger partial charge in [0.1, 0.15) is 18.0 Å². The van der Waals surface area contributed by atoms with Gasteiger partial charge in [0.25, 0.3) is 0 Å². The smallest absolute Gasteiger partial charge is 0.228 e. The molecule has 0 bridgehead atoms. The molecule has 6 heteroatoms. The zero-order valence-electron chi connectivity index (χ0n) is 15.9. The Bertz CT molecular complexity index is 795. The van der Waals surface area contributed by atoms with Gasteiger partial charge in [-0.1, -0.05) is 24.3 Å². The second-order valence-electron chi connectivity index (χ2n) is 7.09. The standard InChI is InChI=1S/C21H26N2O4/c1-16-6-3-4-9-19(16)27-15-21(25)13-23(10-11-26-14-21)20(24)12-18-8-5-7-17(2)22-18/h3-9,25H,10-15H2,1-2H3/t21-/m0/s1. The molecule has 6 nitrogen and oxygen atoms in total. The van der Waals surface area contributed by atoms with Crippen LogP contribution in [-0.4, -0.2) is 59.4 Å².